The van der Waals surface area contributed by atoms with Crippen LogP contribution in [-0.4, -0.2) is 9.78 Å². The Morgan fingerprint density at radius 1 is 1.17 bits per heavy atom. The van der Waals surface area contributed by atoms with Gasteiger partial charge in [0, 0.05) is 18.3 Å². The molecule has 0 aliphatic rings. The van der Waals surface area contributed by atoms with E-state index in [0.29, 0.717) is 0 Å². The van der Waals surface area contributed by atoms with Gasteiger partial charge in [-0.15, -0.1) is 0 Å². The second-order valence-electron chi connectivity index (χ2n) is 5.05. The standard InChI is InChI=1S/C15H21N3/c1-9-6-7-13(10(2)8-9)15(16)14-11(3)17-18(5)12(14)4/h6-8,15H,16H2,1-5H3. The third kappa shape index (κ3) is 2.06. The van der Waals surface area contributed by atoms with Crippen LogP contribution in [0.2, 0.25) is 0 Å². The maximum Gasteiger partial charge on any atom is 0.0647 e. The van der Waals surface area contributed by atoms with Crippen molar-refractivity contribution in [1.82, 2.24) is 9.78 Å². The van der Waals surface area contributed by atoms with E-state index in [1.807, 2.05) is 18.7 Å². The van der Waals surface area contributed by atoms with Crippen LogP contribution in [0.25, 0.3) is 0 Å². The summed E-state index contributed by atoms with van der Waals surface area (Å²) in [6.45, 7) is 8.30. The summed E-state index contributed by atoms with van der Waals surface area (Å²) in [6, 6.07) is 6.32. The number of aryl methyl sites for hydroxylation is 4. The van der Waals surface area contributed by atoms with Crippen molar-refractivity contribution in [2.24, 2.45) is 12.8 Å². The molecule has 2 N–H and O–H groups in total. The molecule has 0 radical (unpaired) electrons. The van der Waals surface area contributed by atoms with Gasteiger partial charge >= 0.3 is 0 Å². The summed E-state index contributed by atoms with van der Waals surface area (Å²) in [4.78, 5) is 0. The molecule has 1 heterocycles. The molecular weight excluding hydrogens is 222 g/mol. The van der Waals surface area contributed by atoms with Crippen molar-refractivity contribution in [1.29, 1.82) is 0 Å². The lowest BCUT2D eigenvalue weighted by molar-refractivity contribution is 0.728. The van der Waals surface area contributed by atoms with Crippen LogP contribution < -0.4 is 5.73 Å². The Morgan fingerprint density at radius 2 is 1.83 bits per heavy atom. The molecule has 1 unspecified atom stereocenters. The predicted molar refractivity (Wildman–Crippen MR) is 74.6 cm³/mol. The highest BCUT2D eigenvalue weighted by atomic mass is 15.3. The fourth-order valence-electron chi connectivity index (χ4n) is 2.57. The van der Waals surface area contributed by atoms with Crippen molar-refractivity contribution < 1.29 is 0 Å². The Bertz CT molecular complexity index is 582. The lowest BCUT2D eigenvalue weighted by Gasteiger charge is -2.16. The first kappa shape index (κ1) is 12.8. The molecule has 1 aromatic carbocycles. The van der Waals surface area contributed by atoms with Gasteiger partial charge in [-0.05, 0) is 38.8 Å². The number of hydrogen-bond acceptors (Lipinski definition) is 2. The molecule has 18 heavy (non-hydrogen) atoms. The van der Waals surface area contributed by atoms with E-state index in [-0.39, 0.29) is 6.04 Å². The van der Waals surface area contributed by atoms with Crippen molar-refractivity contribution in [2.75, 3.05) is 0 Å². The minimum absolute atomic E-state index is 0.0979. The Balaban J connectivity index is 2.51. The zero-order valence-electron chi connectivity index (χ0n) is 11.8. The molecule has 0 saturated carbocycles. The average molecular weight is 243 g/mol. The Morgan fingerprint density at radius 3 is 2.33 bits per heavy atom. The Kier molecular flexibility index (Phi) is 3.26. The van der Waals surface area contributed by atoms with Crippen LogP contribution in [0.4, 0.5) is 0 Å². The highest BCUT2D eigenvalue weighted by Crippen LogP contribution is 2.27. The molecule has 0 amide bonds. The lowest BCUT2D eigenvalue weighted by atomic mass is 9.93. The van der Waals surface area contributed by atoms with Crippen molar-refractivity contribution in [3.8, 4) is 0 Å². The van der Waals surface area contributed by atoms with E-state index in [0.717, 1.165) is 17.0 Å². The van der Waals surface area contributed by atoms with Gasteiger partial charge in [0.15, 0.2) is 0 Å². The molecule has 2 rings (SSSR count). The summed E-state index contributed by atoms with van der Waals surface area (Å²) in [5, 5.41) is 4.44. The topological polar surface area (TPSA) is 43.8 Å². The summed E-state index contributed by atoms with van der Waals surface area (Å²) < 4.78 is 1.90. The first-order valence-corrected chi connectivity index (χ1v) is 6.24. The van der Waals surface area contributed by atoms with Gasteiger partial charge in [-0.3, -0.25) is 4.68 Å². The van der Waals surface area contributed by atoms with Gasteiger partial charge in [0.2, 0.25) is 0 Å². The van der Waals surface area contributed by atoms with E-state index in [1.165, 1.54) is 16.7 Å². The van der Waals surface area contributed by atoms with E-state index in [4.69, 9.17) is 5.73 Å². The fourth-order valence-corrected chi connectivity index (χ4v) is 2.57. The second kappa shape index (κ2) is 4.58. The van der Waals surface area contributed by atoms with Crippen LogP contribution in [0, 0.1) is 27.7 Å². The number of nitrogens with two attached hydrogens (primary N) is 1. The van der Waals surface area contributed by atoms with Crippen LogP contribution in [0.5, 0.6) is 0 Å². The van der Waals surface area contributed by atoms with E-state index in [2.05, 4.69) is 44.1 Å². The molecule has 3 nitrogen and oxygen atoms in total. The largest absolute Gasteiger partial charge is 0.320 e. The number of nitrogens with zero attached hydrogens (tertiary/aromatic N) is 2. The van der Waals surface area contributed by atoms with Gasteiger partial charge in [0.1, 0.15) is 0 Å². The van der Waals surface area contributed by atoms with Crippen LogP contribution in [-0.2, 0) is 7.05 Å². The SMILES string of the molecule is Cc1ccc(C(N)c2c(C)nn(C)c2C)c(C)c1. The lowest BCUT2D eigenvalue weighted by Crippen LogP contribution is -2.15. The van der Waals surface area contributed by atoms with Crippen LogP contribution in [0.15, 0.2) is 18.2 Å². The van der Waals surface area contributed by atoms with Crippen LogP contribution in [0.1, 0.15) is 39.7 Å². The quantitative estimate of drug-likeness (QED) is 0.881. The maximum atomic E-state index is 6.43. The van der Waals surface area contributed by atoms with Crippen LogP contribution >= 0.6 is 0 Å². The Hall–Kier alpha value is -1.61. The van der Waals surface area contributed by atoms with Gasteiger partial charge < -0.3 is 5.73 Å². The number of aromatic nitrogens is 2. The van der Waals surface area contributed by atoms with Gasteiger partial charge in [0.05, 0.1) is 11.7 Å². The summed E-state index contributed by atoms with van der Waals surface area (Å²) >= 11 is 0. The second-order valence-corrected chi connectivity index (χ2v) is 5.05. The molecule has 0 bridgehead atoms. The normalized spacial score (nSPS) is 12.8. The molecule has 3 heteroatoms. The third-order valence-electron chi connectivity index (χ3n) is 3.64. The minimum atomic E-state index is -0.0979. The molecule has 0 aliphatic heterocycles. The summed E-state index contributed by atoms with van der Waals surface area (Å²) in [6.07, 6.45) is 0. The van der Waals surface area contributed by atoms with E-state index in [9.17, 15) is 0 Å². The third-order valence-corrected chi connectivity index (χ3v) is 3.64. The van der Waals surface area contributed by atoms with E-state index >= 15 is 0 Å². The number of benzene rings is 1. The summed E-state index contributed by atoms with van der Waals surface area (Å²) in [7, 11) is 1.96. The average Bonchev–Trinajstić information content (AvgIpc) is 2.52. The fraction of sp³-hybridized carbons (Fsp3) is 0.400. The van der Waals surface area contributed by atoms with Crippen molar-refractivity contribution in [2.45, 2.75) is 33.7 Å². The van der Waals surface area contributed by atoms with E-state index in [1.54, 1.807) is 0 Å². The first-order chi connectivity index (χ1) is 8.41. The van der Waals surface area contributed by atoms with E-state index < -0.39 is 0 Å². The maximum absolute atomic E-state index is 6.43. The van der Waals surface area contributed by atoms with Crippen molar-refractivity contribution in [3.05, 3.63) is 51.8 Å². The Labute approximate surface area is 109 Å². The predicted octanol–water partition coefficient (Wildman–Crippen LogP) is 2.70. The zero-order chi connectivity index (χ0) is 13.4. The molecule has 96 valence electrons. The summed E-state index contributed by atoms with van der Waals surface area (Å²) in [5.41, 5.74) is 13.4. The monoisotopic (exact) mass is 243 g/mol. The van der Waals surface area contributed by atoms with Crippen LogP contribution in [0.3, 0.4) is 0 Å². The zero-order valence-corrected chi connectivity index (χ0v) is 11.8. The molecule has 1 aromatic heterocycles. The molecule has 1 atom stereocenters. The van der Waals surface area contributed by atoms with Crippen molar-refractivity contribution >= 4 is 0 Å². The molecule has 0 aliphatic carbocycles. The molecule has 0 fully saturated rings. The van der Waals surface area contributed by atoms with Crippen molar-refractivity contribution in [3.63, 3.8) is 0 Å². The highest BCUT2D eigenvalue weighted by Gasteiger charge is 2.19. The first-order valence-electron chi connectivity index (χ1n) is 6.24. The number of rotatable bonds is 2. The highest BCUT2D eigenvalue weighted by molar-refractivity contribution is 5.41. The molecule has 0 spiro atoms. The molecule has 0 saturated heterocycles. The molecule has 2 aromatic rings. The summed E-state index contributed by atoms with van der Waals surface area (Å²) in [5.74, 6) is 0. The van der Waals surface area contributed by atoms with Gasteiger partial charge in [0.25, 0.3) is 0 Å². The molecular formula is C15H21N3. The smallest absolute Gasteiger partial charge is 0.0647 e. The number of hydrogen-bond donors (Lipinski definition) is 1. The van der Waals surface area contributed by atoms with Gasteiger partial charge in [-0.1, -0.05) is 23.8 Å². The minimum Gasteiger partial charge on any atom is -0.320 e. The van der Waals surface area contributed by atoms with Gasteiger partial charge in [-0.25, -0.2) is 0 Å². The van der Waals surface area contributed by atoms with Gasteiger partial charge in [-0.2, -0.15) is 5.10 Å².